The van der Waals surface area contributed by atoms with Crippen LogP contribution in [-0.2, 0) is 35.7 Å². The SMILES string of the molecule is CCCC(=O)Cc1cc(-c2nc(C(F)(F)F)cs2)c(-c2ccc3c(c2)c(=O)c(C(=O)OCC)cn3Cc2cn(C)cn2)cn1. The van der Waals surface area contributed by atoms with E-state index in [-0.39, 0.29) is 41.3 Å². The van der Waals surface area contributed by atoms with Crippen LogP contribution in [0.2, 0.25) is 0 Å². The number of fused-ring (bicyclic) bond motifs is 1. The first-order chi connectivity index (χ1) is 21.0. The highest BCUT2D eigenvalue weighted by Gasteiger charge is 2.34. The predicted molar refractivity (Wildman–Crippen MR) is 159 cm³/mol. The van der Waals surface area contributed by atoms with Crippen LogP contribution in [0.25, 0.3) is 32.6 Å². The topological polar surface area (TPSA) is 109 Å². The quantitative estimate of drug-likeness (QED) is 0.174. The van der Waals surface area contributed by atoms with Gasteiger partial charge < -0.3 is 13.9 Å². The second-order valence-electron chi connectivity index (χ2n) is 10.2. The number of imidazole rings is 1. The number of ketones is 1. The number of carbonyl (C=O) groups excluding carboxylic acids is 2. The molecule has 0 aliphatic heterocycles. The number of thiazole rings is 1. The summed E-state index contributed by atoms with van der Waals surface area (Å²) in [6.45, 7) is 3.86. The molecule has 4 aromatic heterocycles. The Hall–Kier alpha value is -4.65. The van der Waals surface area contributed by atoms with Gasteiger partial charge in [-0.05, 0) is 37.1 Å². The van der Waals surface area contributed by atoms with Crippen molar-refractivity contribution in [1.82, 2.24) is 24.1 Å². The molecule has 13 heteroatoms. The molecule has 0 saturated heterocycles. The Morgan fingerprint density at radius 3 is 2.50 bits per heavy atom. The lowest BCUT2D eigenvalue weighted by molar-refractivity contribution is -0.140. The molecule has 9 nitrogen and oxygen atoms in total. The maximum absolute atomic E-state index is 13.6. The van der Waals surface area contributed by atoms with E-state index in [2.05, 4.69) is 15.0 Å². The number of hydrogen-bond donors (Lipinski definition) is 0. The highest BCUT2D eigenvalue weighted by molar-refractivity contribution is 7.13. The van der Waals surface area contributed by atoms with Crippen molar-refractivity contribution >= 4 is 34.0 Å². The smallest absolute Gasteiger partial charge is 0.434 e. The number of pyridine rings is 2. The second kappa shape index (κ2) is 12.5. The molecule has 0 radical (unpaired) electrons. The van der Waals surface area contributed by atoms with E-state index in [1.165, 1.54) is 12.4 Å². The summed E-state index contributed by atoms with van der Waals surface area (Å²) in [4.78, 5) is 51.4. The summed E-state index contributed by atoms with van der Waals surface area (Å²) in [6, 6.07) is 6.58. The number of alkyl halides is 3. The summed E-state index contributed by atoms with van der Waals surface area (Å²) in [6.07, 6.45) is 2.78. The molecule has 0 unspecified atom stereocenters. The summed E-state index contributed by atoms with van der Waals surface area (Å²) in [5.41, 5.74) is 1.09. The molecule has 0 atom stereocenters. The van der Waals surface area contributed by atoms with Crippen LogP contribution in [0.5, 0.6) is 0 Å². The van der Waals surface area contributed by atoms with Gasteiger partial charge in [0, 0.05) is 66.1 Å². The monoisotopic (exact) mass is 623 g/mol. The number of hydrogen-bond acceptors (Lipinski definition) is 8. The van der Waals surface area contributed by atoms with E-state index >= 15 is 0 Å². The number of rotatable bonds is 10. The second-order valence-corrected chi connectivity index (χ2v) is 11.1. The predicted octanol–water partition coefficient (Wildman–Crippen LogP) is 6.08. The first kappa shape index (κ1) is 30.8. The number of aryl methyl sites for hydroxylation is 1. The lowest BCUT2D eigenvalue weighted by atomic mass is 9.98. The minimum atomic E-state index is -4.63. The molecule has 0 saturated carbocycles. The van der Waals surface area contributed by atoms with E-state index in [0.717, 1.165) is 16.7 Å². The third-order valence-electron chi connectivity index (χ3n) is 6.87. The summed E-state index contributed by atoms with van der Waals surface area (Å²) in [5.74, 6) is -0.815. The van der Waals surface area contributed by atoms with Crippen molar-refractivity contribution in [2.45, 2.75) is 45.8 Å². The van der Waals surface area contributed by atoms with Crippen LogP contribution in [0.15, 0.2) is 59.4 Å². The van der Waals surface area contributed by atoms with Gasteiger partial charge in [0.1, 0.15) is 16.4 Å². The molecule has 1 aromatic carbocycles. The normalized spacial score (nSPS) is 11.7. The summed E-state index contributed by atoms with van der Waals surface area (Å²) >= 11 is 0.821. The van der Waals surface area contributed by atoms with E-state index in [1.807, 2.05) is 20.2 Å². The molecule has 228 valence electrons. The standard InChI is InChI=1S/C31H28F3N5O4S/c1-4-6-21(40)10-19-11-22(29-37-27(16-44-29)31(32,33)34)24(12-35-19)18-7-8-26-23(9-18)28(41)25(30(42)43-5-2)15-39(26)14-20-13-38(3)17-36-20/h7-9,11-13,15-17H,4-6,10,14H2,1-3H3. The molecule has 0 bridgehead atoms. The van der Waals surface area contributed by atoms with E-state index in [9.17, 15) is 27.6 Å². The largest absolute Gasteiger partial charge is 0.462 e. The van der Waals surface area contributed by atoms with Gasteiger partial charge in [0.2, 0.25) is 5.43 Å². The number of aromatic nitrogens is 5. The molecule has 0 spiro atoms. The number of benzene rings is 1. The van der Waals surface area contributed by atoms with Gasteiger partial charge in [-0.2, -0.15) is 13.2 Å². The van der Waals surface area contributed by atoms with Crippen molar-refractivity contribution in [3.63, 3.8) is 0 Å². The third-order valence-corrected chi connectivity index (χ3v) is 7.75. The first-order valence-electron chi connectivity index (χ1n) is 13.8. The van der Waals surface area contributed by atoms with Gasteiger partial charge in [0.05, 0.1) is 30.7 Å². The Morgan fingerprint density at radius 1 is 1.05 bits per heavy atom. The van der Waals surface area contributed by atoms with E-state index < -0.39 is 23.3 Å². The molecule has 0 amide bonds. The Balaban J connectivity index is 1.69. The van der Waals surface area contributed by atoms with Gasteiger partial charge in [0.25, 0.3) is 0 Å². The number of Topliss-reactive ketones (excluding diaryl/α,β-unsaturated/α-hetero) is 1. The van der Waals surface area contributed by atoms with Crippen LogP contribution in [0.3, 0.4) is 0 Å². The molecule has 0 N–H and O–H groups in total. The minimum absolute atomic E-state index is 0.0253. The maximum atomic E-state index is 13.6. The molecule has 0 aliphatic rings. The fourth-order valence-corrected chi connectivity index (χ4v) is 5.73. The highest BCUT2D eigenvalue weighted by atomic mass is 32.1. The van der Waals surface area contributed by atoms with Crippen molar-refractivity contribution in [1.29, 1.82) is 0 Å². The zero-order valence-electron chi connectivity index (χ0n) is 24.1. The summed E-state index contributed by atoms with van der Waals surface area (Å²) in [7, 11) is 1.83. The fourth-order valence-electron chi connectivity index (χ4n) is 4.87. The number of carbonyl (C=O) groups is 2. The molecular weight excluding hydrogens is 595 g/mol. The lowest BCUT2D eigenvalue weighted by Crippen LogP contribution is -2.21. The van der Waals surface area contributed by atoms with Gasteiger partial charge >= 0.3 is 12.1 Å². The van der Waals surface area contributed by atoms with Gasteiger partial charge in [-0.15, -0.1) is 11.3 Å². The van der Waals surface area contributed by atoms with Crippen LogP contribution in [0.1, 0.15) is 54.1 Å². The van der Waals surface area contributed by atoms with Crippen molar-refractivity contribution in [3.05, 3.63) is 87.4 Å². The Morgan fingerprint density at radius 2 is 1.84 bits per heavy atom. The van der Waals surface area contributed by atoms with E-state index in [0.29, 0.717) is 46.4 Å². The molecule has 5 aromatic rings. The first-order valence-corrected chi connectivity index (χ1v) is 14.7. The average molecular weight is 624 g/mol. The van der Waals surface area contributed by atoms with Crippen LogP contribution in [0, 0.1) is 0 Å². The van der Waals surface area contributed by atoms with Crippen LogP contribution < -0.4 is 5.43 Å². The van der Waals surface area contributed by atoms with Crippen molar-refractivity contribution < 1.29 is 27.5 Å². The van der Waals surface area contributed by atoms with Crippen molar-refractivity contribution in [2.24, 2.45) is 7.05 Å². The van der Waals surface area contributed by atoms with Crippen LogP contribution in [-0.4, -0.2) is 42.4 Å². The highest BCUT2D eigenvalue weighted by Crippen LogP contribution is 2.38. The van der Waals surface area contributed by atoms with E-state index in [4.69, 9.17) is 4.74 Å². The van der Waals surface area contributed by atoms with E-state index in [1.54, 1.807) is 46.7 Å². The molecular formula is C31H28F3N5O4S. The number of nitrogens with zero attached hydrogens (tertiary/aromatic N) is 5. The lowest BCUT2D eigenvalue weighted by Gasteiger charge is -2.15. The summed E-state index contributed by atoms with van der Waals surface area (Å²) < 4.78 is 49.0. The van der Waals surface area contributed by atoms with Gasteiger partial charge in [-0.3, -0.25) is 14.6 Å². The average Bonchev–Trinajstić information content (AvgIpc) is 3.64. The zero-order valence-corrected chi connectivity index (χ0v) is 25.0. The zero-order chi connectivity index (χ0) is 31.6. The Bertz CT molecular complexity index is 1930. The van der Waals surface area contributed by atoms with Crippen molar-refractivity contribution in [3.8, 4) is 21.7 Å². The number of halogens is 3. The van der Waals surface area contributed by atoms with Crippen molar-refractivity contribution in [2.75, 3.05) is 6.61 Å². The fraction of sp³-hybridized carbons (Fsp3) is 0.290. The molecule has 0 aliphatic carbocycles. The van der Waals surface area contributed by atoms with Crippen LogP contribution >= 0.6 is 11.3 Å². The summed E-state index contributed by atoms with van der Waals surface area (Å²) in [5, 5.41) is 1.23. The number of ether oxygens (including phenoxy) is 1. The molecule has 44 heavy (non-hydrogen) atoms. The van der Waals surface area contributed by atoms with Crippen LogP contribution in [0.4, 0.5) is 13.2 Å². The Labute approximate surface area is 254 Å². The minimum Gasteiger partial charge on any atom is -0.462 e. The van der Waals surface area contributed by atoms with Gasteiger partial charge in [-0.1, -0.05) is 13.0 Å². The molecule has 5 rings (SSSR count). The van der Waals surface area contributed by atoms with Gasteiger partial charge in [0.15, 0.2) is 5.69 Å². The Kier molecular flexibility index (Phi) is 8.77. The maximum Gasteiger partial charge on any atom is 0.434 e. The molecule has 0 fully saturated rings. The molecule has 4 heterocycles. The van der Waals surface area contributed by atoms with Gasteiger partial charge in [-0.25, -0.2) is 14.8 Å². The third kappa shape index (κ3) is 6.47. The number of esters is 1.